The van der Waals surface area contributed by atoms with Gasteiger partial charge in [0.15, 0.2) is 0 Å². The number of hydrogen-bond acceptors (Lipinski definition) is 4. The van der Waals surface area contributed by atoms with Gasteiger partial charge in [-0.3, -0.25) is 0 Å². The Bertz CT molecular complexity index is 646. The van der Waals surface area contributed by atoms with Crippen LogP contribution in [0.4, 0.5) is 0 Å². The summed E-state index contributed by atoms with van der Waals surface area (Å²) in [6.07, 6.45) is 7.04. The van der Waals surface area contributed by atoms with Crippen molar-refractivity contribution < 1.29 is 23.1 Å². The minimum Gasteiger partial charge on any atom is -0.496 e. The Morgan fingerprint density at radius 1 is 1.43 bits per heavy atom. The van der Waals surface area contributed by atoms with E-state index in [1.807, 2.05) is 0 Å². The number of carboxylic acids is 1. The van der Waals surface area contributed by atoms with Gasteiger partial charge in [0.25, 0.3) is 0 Å². The lowest BCUT2D eigenvalue weighted by atomic mass is 10.2. The van der Waals surface area contributed by atoms with Crippen molar-refractivity contribution in [2.45, 2.75) is 24.2 Å². The molecule has 114 valence electrons. The topological polar surface area (TPSA) is 92.7 Å². The Morgan fingerprint density at radius 2 is 2.14 bits per heavy atom. The van der Waals surface area contributed by atoms with Crippen LogP contribution in [0.3, 0.4) is 0 Å². The normalized spacial score (nSPS) is 10.9. The number of methoxy groups -OCH3 is 1. The molecule has 0 spiro atoms. The Kier molecular flexibility index (Phi) is 6.21. The maximum atomic E-state index is 12.1. The van der Waals surface area contributed by atoms with E-state index >= 15 is 0 Å². The Labute approximate surface area is 124 Å². The molecule has 0 aliphatic rings. The second-order valence-corrected chi connectivity index (χ2v) is 5.99. The molecule has 0 amide bonds. The van der Waals surface area contributed by atoms with Gasteiger partial charge in [-0.2, -0.15) is 0 Å². The molecular formula is C14H17NO5S. The van der Waals surface area contributed by atoms with Crippen LogP contribution in [0.5, 0.6) is 5.75 Å². The van der Waals surface area contributed by atoms with Gasteiger partial charge in [-0.1, -0.05) is 0 Å². The number of nitrogens with one attached hydrogen (secondary N) is 1. The van der Waals surface area contributed by atoms with Crippen molar-refractivity contribution in [2.75, 3.05) is 13.7 Å². The van der Waals surface area contributed by atoms with Crippen molar-refractivity contribution in [1.82, 2.24) is 4.72 Å². The number of ether oxygens (including phenoxy) is 1. The molecule has 7 heteroatoms. The first-order chi connectivity index (χ1) is 9.92. The monoisotopic (exact) mass is 311 g/mol. The first-order valence-electron chi connectivity index (χ1n) is 6.27. The highest BCUT2D eigenvalue weighted by Crippen LogP contribution is 2.22. The second-order valence-electron chi connectivity index (χ2n) is 4.23. The summed E-state index contributed by atoms with van der Waals surface area (Å²) in [6, 6.07) is 3.69. The SMILES string of the molecule is C#CCCCCNS(=O)(=O)c1ccc(OC)c(C(=O)O)c1. The molecule has 2 N–H and O–H groups in total. The van der Waals surface area contributed by atoms with E-state index in [1.165, 1.54) is 19.2 Å². The predicted molar refractivity (Wildman–Crippen MR) is 77.8 cm³/mol. The van der Waals surface area contributed by atoms with Gasteiger partial charge in [0.05, 0.1) is 12.0 Å². The van der Waals surface area contributed by atoms with Crippen LogP contribution in [0, 0.1) is 12.3 Å². The van der Waals surface area contributed by atoms with E-state index in [0.717, 1.165) is 12.5 Å². The van der Waals surface area contributed by atoms with Gasteiger partial charge in [-0.25, -0.2) is 17.9 Å². The van der Waals surface area contributed by atoms with Gasteiger partial charge in [0.1, 0.15) is 11.3 Å². The Hall–Kier alpha value is -2.04. The summed E-state index contributed by atoms with van der Waals surface area (Å²) in [5.41, 5.74) is -0.201. The fraction of sp³-hybridized carbons (Fsp3) is 0.357. The van der Waals surface area contributed by atoms with Crippen LogP contribution in [0.1, 0.15) is 29.6 Å². The minimum absolute atomic E-state index is 0.107. The summed E-state index contributed by atoms with van der Waals surface area (Å²) in [7, 11) is -2.43. The number of carboxylic acid groups (broad SMARTS) is 1. The van der Waals surface area contributed by atoms with E-state index in [1.54, 1.807) is 0 Å². The maximum Gasteiger partial charge on any atom is 0.339 e. The van der Waals surface area contributed by atoms with Gasteiger partial charge < -0.3 is 9.84 Å². The van der Waals surface area contributed by atoms with Crippen LogP contribution in [-0.2, 0) is 10.0 Å². The molecular weight excluding hydrogens is 294 g/mol. The first kappa shape index (κ1) is 17.0. The van der Waals surface area contributed by atoms with Gasteiger partial charge in [-0.15, -0.1) is 12.3 Å². The summed E-state index contributed by atoms with van der Waals surface area (Å²) < 4.78 is 31.4. The Balaban J connectivity index is 2.86. The molecule has 1 rings (SSSR count). The first-order valence-corrected chi connectivity index (χ1v) is 7.75. The predicted octanol–water partition coefficient (Wildman–Crippen LogP) is 1.48. The van der Waals surface area contributed by atoms with Gasteiger partial charge in [0.2, 0.25) is 10.0 Å². The molecule has 0 saturated carbocycles. The highest BCUT2D eigenvalue weighted by atomic mass is 32.2. The van der Waals surface area contributed by atoms with Gasteiger partial charge >= 0.3 is 5.97 Å². The number of sulfonamides is 1. The molecule has 0 atom stereocenters. The van der Waals surface area contributed by atoms with E-state index < -0.39 is 16.0 Å². The van der Waals surface area contributed by atoms with Crippen LogP contribution in [-0.4, -0.2) is 33.1 Å². The molecule has 1 aromatic rings. The van der Waals surface area contributed by atoms with Crippen molar-refractivity contribution in [1.29, 1.82) is 0 Å². The highest BCUT2D eigenvalue weighted by Gasteiger charge is 2.18. The van der Waals surface area contributed by atoms with Crippen LogP contribution < -0.4 is 9.46 Å². The molecule has 0 saturated heterocycles. The number of hydrogen-bond donors (Lipinski definition) is 2. The zero-order chi connectivity index (χ0) is 15.9. The van der Waals surface area contributed by atoms with Crippen molar-refractivity contribution in [2.24, 2.45) is 0 Å². The molecule has 0 heterocycles. The largest absolute Gasteiger partial charge is 0.496 e. The smallest absolute Gasteiger partial charge is 0.339 e. The number of carbonyl (C=O) groups is 1. The molecule has 0 fully saturated rings. The molecule has 1 aromatic carbocycles. The highest BCUT2D eigenvalue weighted by molar-refractivity contribution is 7.89. The third-order valence-electron chi connectivity index (χ3n) is 2.75. The molecule has 0 unspecified atom stereocenters. The minimum atomic E-state index is -3.75. The van der Waals surface area contributed by atoms with Crippen molar-refractivity contribution in [3.05, 3.63) is 23.8 Å². The van der Waals surface area contributed by atoms with E-state index in [-0.39, 0.29) is 22.8 Å². The second kappa shape index (κ2) is 7.67. The molecule has 0 aromatic heterocycles. The summed E-state index contributed by atoms with van der Waals surface area (Å²) in [6.45, 7) is 0.248. The number of unbranched alkanes of at least 4 members (excludes halogenated alkanes) is 2. The third-order valence-corrected chi connectivity index (χ3v) is 4.21. The van der Waals surface area contributed by atoms with Crippen LogP contribution >= 0.6 is 0 Å². The van der Waals surface area contributed by atoms with Crippen molar-refractivity contribution in [3.63, 3.8) is 0 Å². The number of terminal acetylenes is 1. The molecule has 0 bridgehead atoms. The number of rotatable bonds is 8. The zero-order valence-electron chi connectivity index (χ0n) is 11.6. The van der Waals surface area contributed by atoms with Gasteiger partial charge in [0, 0.05) is 13.0 Å². The zero-order valence-corrected chi connectivity index (χ0v) is 12.4. The third kappa shape index (κ3) is 4.77. The summed E-state index contributed by atoms with van der Waals surface area (Å²) in [5.74, 6) is 1.33. The van der Waals surface area contributed by atoms with E-state index in [4.69, 9.17) is 16.3 Å². The molecule has 0 aliphatic carbocycles. The maximum absolute atomic E-state index is 12.1. The van der Waals surface area contributed by atoms with Crippen molar-refractivity contribution in [3.8, 4) is 18.1 Å². The van der Waals surface area contributed by atoms with Crippen LogP contribution in [0.2, 0.25) is 0 Å². The number of benzene rings is 1. The summed E-state index contributed by atoms with van der Waals surface area (Å²) in [4.78, 5) is 11.0. The summed E-state index contributed by atoms with van der Waals surface area (Å²) >= 11 is 0. The van der Waals surface area contributed by atoms with Crippen LogP contribution in [0.25, 0.3) is 0 Å². The molecule has 0 radical (unpaired) electrons. The average molecular weight is 311 g/mol. The lowest BCUT2D eigenvalue weighted by molar-refractivity contribution is 0.0693. The van der Waals surface area contributed by atoms with Crippen molar-refractivity contribution >= 4 is 16.0 Å². The average Bonchev–Trinajstić information content (AvgIpc) is 2.46. The lowest BCUT2D eigenvalue weighted by Gasteiger charge is -2.09. The fourth-order valence-electron chi connectivity index (χ4n) is 1.66. The van der Waals surface area contributed by atoms with E-state index in [0.29, 0.717) is 12.8 Å². The molecule has 21 heavy (non-hydrogen) atoms. The van der Waals surface area contributed by atoms with Crippen LogP contribution in [0.15, 0.2) is 23.1 Å². The quantitative estimate of drug-likeness (QED) is 0.560. The summed E-state index contributed by atoms with van der Waals surface area (Å²) in [5, 5.41) is 9.05. The number of aromatic carboxylic acids is 1. The van der Waals surface area contributed by atoms with Gasteiger partial charge in [-0.05, 0) is 31.0 Å². The molecule has 0 aliphatic heterocycles. The Morgan fingerprint density at radius 3 is 2.71 bits per heavy atom. The molecule has 6 nitrogen and oxygen atoms in total. The van der Waals surface area contributed by atoms with E-state index in [2.05, 4.69) is 10.6 Å². The fourth-order valence-corrected chi connectivity index (χ4v) is 2.76. The standard InChI is InChI=1S/C14H17NO5S/c1-3-4-5-6-9-15-21(18,19)11-7-8-13(20-2)12(10-11)14(16)17/h1,7-8,10,15H,4-6,9H2,2H3,(H,16,17). The lowest BCUT2D eigenvalue weighted by Crippen LogP contribution is -2.25. The van der Waals surface area contributed by atoms with E-state index in [9.17, 15) is 13.2 Å².